The van der Waals surface area contributed by atoms with Crippen LogP contribution in [-0.4, -0.2) is 122 Å². The summed E-state index contributed by atoms with van der Waals surface area (Å²) >= 11 is 0. The molecule has 18 nitrogen and oxygen atoms in total. The van der Waals surface area contributed by atoms with E-state index in [9.17, 15) is 33.6 Å². The molecule has 0 saturated carbocycles. The van der Waals surface area contributed by atoms with Gasteiger partial charge in [0.1, 0.15) is 36.4 Å². The van der Waals surface area contributed by atoms with Gasteiger partial charge in [-0.05, 0) is 43.3 Å². The molecule has 2 amide bonds. The zero-order chi connectivity index (χ0) is 40.1. The maximum atomic E-state index is 14.2. The summed E-state index contributed by atoms with van der Waals surface area (Å²) in [6.45, 7) is 6.42. The number of nitrogens with zero attached hydrogens (tertiary/aromatic N) is 1. The fourth-order valence-electron chi connectivity index (χ4n) is 6.58. The average Bonchev–Trinajstić information content (AvgIpc) is 3.36. The number of hydrogen-bond acceptors (Lipinski definition) is 17. The molecule has 0 bridgehead atoms. The maximum absolute atomic E-state index is 14.2. The molecule has 2 aromatic carbocycles. The first-order valence-electron chi connectivity index (χ1n) is 17.2. The Morgan fingerprint density at radius 2 is 1.13 bits per heavy atom. The third-order valence-electron chi connectivity index (χ3n) is 8.73. The minimum absolute atomic E-state index is 0.0417. The predicted octanol–water partition coefficient (Wildman–Crippen LogP) is 1.88. The van der Waals surface area contributed by atoms with Crippen molar-refractivity contribution in [2.75, 3.05) is 13.7 Å². The van der Waals surface area contributed by atoms with Crippen molar-refractivity contribution in [1.82, 2.24) is 4.90 Å². The van der Waals surface area contributed by atoms with Gasteiger partial charge < -0.3 is 47.4 Å². The Kier molecular flexibility index (Phi) is 12.7. The van der Waals surface area contributed by atoms with Gasteiger partial charge in [-0.25, -0.2) is 0 Å². The zero-order valence-corrected chi connectivity index (χ0v) is 31.0. The average molecular weight is 772 g/mol. The van der Waals surface area contributed by atoms with E-state index < -0.39 is 110 Å². The second-order valence-corrected chi connectivity index (χ2v) is 12.8. The summed E-state index contributed by atoms with van der Waals surface area (Å²) in [5.74, 6) is -5.00. The zero-order valence-electron chi connectivity index (χ0n) is 31.0. The number of rotatable bonds is 12. The number of amides is 2. The predicted molar refractivity (Wildman–Crippen MR) is 181 cm³/mol. The van der Waals surface area contributed by atoms with Crippen LogP contribution < -0.4 is 9.47 Å². The topological polar surface area (TPSA) is 215 Å². The third-order valence-corrected chi connectivity index (χ3v) is 8.73. The maximum Gasteiger partial charge on any atom is 0.303 e. The van der Waals surface area contributed by atoms with Gasteiger partial charge in [0, 0.05) is 34.6 Å². The molecule has 10 atom stereocenters. The number of fused-ring (bicyclic) bond motifs is 1. The minimum atomic E-state index is -1.73. The van der Waals surface area contributed by atoms with Gasteiger partial charge in [0.2, 0.25) is 6.29 Å². The lowest BCUT2D eigenvalue weighted by molar-refractivity contribution is -0.341. The van der Waals surface area contributed by atoms with E-state index in [4.69, 9.17) is 47.4 Å². The quantitative estimate of drug-likeness (QED) is 0.171. The Bertz CT molecular complexity index is 1760. The molecule has 55 heavy (non-hydrogen) atoms. The fraction of sp³-hybridized carbons (Fsp3) is 0.486. The summed E-state index contributed by atoms with van der Waals surface area (Å²) < 4.78 is 58.1. The van der Waals surface area contributed by atoms with Crippen LogP contribution >= 0.6 is 0 Å². The number of benzene rings is 2. The summed E-state index contributed by atoms with van der Waals surface area (Å²) in [6, 6.07) is 10.6. The fourth-order valence-corrected chi connectivity index (χ4v) is 6.58. The van der Waals surface area contributed by atoms with Crippen molar-refractivity contribution in [2.24, 2.45) is 0 Å². The van der Waals surface area contributed by atoms with E-state index in [1.165, 1.54) is 38.3 Å². The number of carbonyl (C=O) groups excluding carboxylic acids is 7. The summed E-state index contributed by atoms with van der Waals surface area (Å²) in [5.41, 5.74) is 0.0833. The monoisotopic (exact) mass is 771 g/mol. The largest absolute Gasteiger partial charge is 0.497 e. The van der Waals surface area contributed by atoms with E-state index in [1.54, 1.807) is 24.3 Å². The Hall–Kier alpha value is -5.59. The van der Waals surface area contributed by atoms with Crippen molar-refractivity contribution < 1.29 is 80.9 Å². The van der Waals surface area contributed by atoms with Crippen LogP contribution in [0, 0.1) is 0 Å². The Morgan fingerprint density at radius 1 is 0.618 bits per heavy atom. The minimum Gasteiger partial charge on any atom is -0.497 e. The highest BCUT2D eigenvalue weighted by Crippen LogP contribution is 2.39. The highest BCUT2D eigenvalue weighted by Gasteiger charge is 2.60. The van der Waals surface area contributed by atoms with E-state index in [-0.39, 0.29) is 16.9 Å². The van der Waals surface area contributed by atoms with E-state index in [0.29, 0.717) is 5.75 Å². The van der Waals surface area contributed by atoms with Crippen molar-refractivity contribution in [3.63, 3.8) is 0 Å². The second kappa shape index (κ2) is 17.3. The summed E-state index contributed by atoms with van der Waals surface area (Å²) in [6.07, 6.45) is -13.6. The number of carbonyl (C=O) groups is 7. The molecule has 0 aliphatic carbocycles. The molecule has 0 N–H and O–H groups in total. The third kappa shape index (κ3) is 9.21. The standard InChI is InChI=1S/C37H41NO17/c1-17-29(49-19(3)40)32(51-21(5)42)33(52-22(6)43)37(48-17)55-31-28(38-34(44)25-10-8-9-11-26(25)35(38)45)36(53-24-14-12-23(46-7)13-15-24)54-27(16-47-18(2)39)30(31)50-20(4)41/h8-15,17,27-33,36-37H,16H2,1-7H3/t17-,27+,28+,29-,30-,31+,32+,33+,36+,37-/m0/s1. The van der Waals surface area contributed by atoms with Crippen LogP contribution in [0.15, 0.2) is 48.5 Å². The van der Waals surface area contributed by atoms with Gasteiger partial charge in [0.05, 0.1) is 24.3 Å². The number of esters is 5. The SMILES string of the molecule is COc1ccc(O[C@@H]2O[C@H](COC(C)=O)[C@H](OC(C)=O)[C@H](O[C@@H]3O[C@@H](C)[C@H](OC(C)=O)[C@@H](OC(C)=O)[C@H]3OC(C)=O)[C@H]2N2C(=O)c3ccccc3C2=O)cc1. The van der Waals surface area contributed by atoms with Crippen molar-refractivity contribution >= 4 is 41.7 Å². The van der Waals surface area contributed by atoms with Gasteiger partial charge in [0.15, 0.2) is 30.7 Å². The number of ether oxygens (including phenoxy) is 10. The molecule has 0 spiro atoms. The smallest absolute Gasteiger partial charge is 0.303 e. The molecule has 0 unspecified atom stereocenters. The Labute approximate surface area is 315 Å². The molecular formula is C37H41NO17. The highest BCUT2D eigenvalue weighted by molar-refractivity contribution is 6.21. The molecule has 18 heteroatoms. The number of methoxy groups -OCH3 is 1. The van der Waals surface area contributed by atoms with Crippen molar-refractivity contribution in [1.29, 1.82) is 0 Å². The molecule has 2 fully saturated rings. The van der Waals surface area contributed by atoms with E-state index >= 15 is 0 Å². The van der Waals surface area contributed by atoms with Crippen LogP contribution in [-0.2, 0) is 61.9 Å². The van der Waals surface area contributed by atoms with Gasteiger partial charge in [-0.15, -0.1) is 0 Å². The number of imide groups is 1. The molecule has 3 aliphatic heterocycles. The molecule has 0 aromatic heterocycles. The molecule has 296 valence electrons. The number of hydrogen-bond donors (Lipinski definition) is 0. The second-order valence-electron chi connectivity index (χ2n) is 12.8. The Morgan fingerprint density at radius 3 is 1.65 bits per heavy atom. The van der Waals surface area contributed by atoms with Crippen LogP contribution in [0.2, 0.25) is 0 Å². The normalized spacial score (nSPS) is 28.7. The lowest BCUT2D eigenvalue weighted by atomic mass is 9.93. The molecule has 2 aromatic rings. The van der Waals surface area contributed by atoms with Crippen molar-refractivity contribution in [3.8, 4) is 11.5 Å². The molecule has 3 heterocycles. The first kappa shape index (κ1) is 40.6. The lowest BCUT2D eigenvalue weighted by Crippen LogP contribution is -2.70. The molecule has 3 aliphatic rings. The van der Waals surface area contributed by atoms with E-state index in [1.807, 2.05) is 0 Å². The van der Waals surface area contributed by atoms with Crippen molar-refractivity contribution in [2.45, 2.75) is 103 Å². The van der Waals surface area contributed by atoms with Crippen LogP contribution in [0.4, 0.5) is 0 Å². The summed E-state index contributed by atoms with van der Waals surface area (Å²) in [7, 11) is 1.47. The van der Waals surface area contributed by atoms with Gasteiger partial charge >= 0.3 is 29.8 Å². The first-order valence-corrected chi connectivity index (χ1v) is 17.2. The Balaban J connectivity index is 1.68. The van der Waals surface area contributed by atoms with Crippen molar-refractivity contribution in [3.05, 3.63) is 59.7 Å². The van der Waals surface area contributed by atoms with Gasteiger partial charge in [-0.2, -0.15) is 0 Å². The summed E-state index contributed by atoms with van der Waals surface area (Å²) in [4.78, 5) is 91.0. The molecule has 2 saturated heterocycles. The van der Waals surface area contributed by atoms with E-state index in [0.717, 1.165) is 39.5 Å². The van der Waals surface area contributed by atoms with Crippen LogP contribution in [0.5, 0.6) is 11.5 Å². The lowest BCUT2D eigenvalue weighted by Gasteiger charge is -2.50. The van der Waals surface area contributed by atoms with Gasteiger partial charge in [-0.3, -0.25) is 38.5 Å². The van der Waals surface area contributed by atoms with Crippen LogP contribution in [0.25, 0.3) is 0 Å². The summed E-state index contributed by atoms with van der Waals surface area (Å²) in [5, 5.41) is 0. The molecule has 0 radical (unpaired) electrons. The van der Waals surface area contributed by atoms with Crippen LogP contribution in [0.1, 0.15) is 62.3 Å². The highest BCUT2D eigenvalue weighted by atomic mass is 16.8. The van der Waals surface area contributed by atoms with Crippen LogP contribution in [0.3, 0.4) is 0 Å². The van der Waals surface area contributed by atoms with E-state index in [2.05, 4.69) is 0 Å². The van der Waals surface area contributed by atoms with Gasteiger partial charge in [0.25, 0.3) is 11.8 Å². The first-order chi connectivity index (χ1) is 26.1. The van der Waals surface area contributed by atoms with Gasteiger partial charge in [-0.1, -0.05) is 12.1 Å². The molecular weight excluding hydrogens is 730 g/mol. The molecule has 5 rings (SSSR count).